The molecule has 7 heteroatoms. The second-order valence-corrected chi connectivity index (χ2v) is 15.9. The summed E-state index contributed by atoms with van der Waals surface area (Å²) in [6.45, 7) is 10.8. The second-order valence-electron chi connectivity index (χ2n) is 8.98. The number of ether oxygens (including phenoxy) is 1. The number of unbranched alkanes of at least 4 members (excludes halogenated alkanes) is 3. The third-order valence-corrected chi connectivity index (χ3v) is 12.0. The molecule has 4 nitrogen and oxygen atoms in total. The molecule has 0 atom stereocenters. The van der Waals surface area contributed by atoms with E-state index in [0.29, 0.717) is 5.76 Å². The lowest BCUT2D eigenvalue weighted by molar-refractivity contribution is -0.138. The molecule has 0 spiro atoms. The van der Waals surface area contributed by atoms with Crippen molar-refractivity contribution in [2.24, 2.45) is 0 Å². The molecule has 0 bridgehead atoms. The van der Waals surface area contributed by atoms with Crippen molar-refractivity contribution < 1.29 is 14.0 Å². The van der Waals surface area contributed by atoms with Crippen molar-refractivity contribution in [2.75, 3.05) is 12.9 Å². The first-order chi connectivity index (χ1) is 14.6. The predicted molar refractivity (Wildman–Crippen MR) is 135 cm³/mol. The van der Waals surface area contributed by atoms with Gasteiger partial charge in [-0.25, -0.2) is 9.78 Å². The molecule has 2 aromatic rings. The van der Waals surface area contributed by atoms with E-state index in [1.54, 1.807) is 11.3 Å². The van der Waals surface area contributed by atoms with E-state index in [1.807, 2.05) is 36.0 Å². The average Bonchev–Trinajstić information content (AvgIpc) is 3.20. The Labute approximate surface area is 196 Å². The molecule has 0 unspecified atom stereocenters. The van der Waals surface area contributed by atoms with Gasteiger partial charge in [-0.1, -0.05) is 69.3 Å². The Bertz CT molecular complexity index is 857. The minimum Gasteiger partial charge on any atom is -0.539 e. The number of thiazole rings is 1. The van der Waals surface area contributed by atoms with Gasteiger partial charge in [-0.15, -0.1) is 11.3 Å². The van der Waals surface area contributed by atoms with Gasteiger partial charge in [0, 0.05) is 16.7 Å². The quantitative estimate of drug-likeness (QED) is 0.0835. The van der Waals surface area contributed by atoms with Crippen LogP contribution in [0.1, 0.15) is 46.5 Å². The topological polar surface area (TPSA) is 48.4 Å². The fourth-order valence-electron chi connectivity index (χ4n) is 2.58. The molecule has 0 N–H and O–H groups in total. The number of carbonyl (C=O) groups is 1. The lowest BCUT2D eigenvalue weighted by Gasteiger charge is -2.36. The maximum atomic E-state index is 12.1. The number of benzene rings is 1. The molecule has 0 aliphatic carbocycles. The SMILES string of the molecule is COC(=O)/C(=C/CCCCCSc1nc(-c2ccccc2)cs1)O[Si](C)(C)C(C)(C)C. The van der Waals surface area contributed by atoms with Gasteiger partial charge in [-0.3, -0.25) is 0 Å². The number of allylic oxidation sites excluding steroid dienone is 1. The average molecular weight is 478 g/mol. The molecule has 0 saturated carbocycles. The van der Waals surface area contributed by atoms with Gasteiger partial charge in [0.1, 0.15) is 0 Å². The van der Waals surface area contributed by atoms with Crippen LogP contribution < -0.4 is 0 Å². The summed E-state index contributed by atoms with van der Waals surface area (Å²) in [5, 5.41) is 2.16. The van der Waals surface area contributed by atoms with Crippen LogP contribution in [0, 0.1) is 0 Å². The van der Waals surface area contributed by atoms with Gasteiger partial charge in [0.15, 0.2) is 10.1 Å². The van der Waals surface area contributed by atoms with Crippen molar-refractivity contribution in [2.45, 2.75) is 68.9 Å². The molecule has 0 aliphatic rings. The second kappa shape index (κ2) is 11.9. The van der Waals surface area contributed by atoms with E-state index in [2.05, 4.69) is 51.4 Å². The Kier molecular flexibility index (Phi) is 9.84. The molecule has 1 aromatic heterocycles. The summed E-state index contributed by atoms with van der Waals surface area (Å²) in [6, 6.07) is 10.3. The molecule has 1 heterocycles. The monoisotopic (exact) mass is 477 g/mol. The van der Waals surface area contributed by atoms with Gasteiger partial charge < -0.3 is 9.16 Å². The summed E-state index contributed by atoms with van der Waals surface area (Å²) in [7, 11) is -0.660. The van der Waals surface area contributed by atoms with Crippen LogP contribution in [0.2, 0.25) is 18.1 Å². The lowest BCUT2D eigenvalue weighted by atomic mass is 10.2. The first-order valence-electron chi connectivity index (χ1n) is 10.8. The van der Waals surface area contributed by atoms with Crippen LogP contribution in [0.15, 0.2) is 51.9 Å². The van der Waals surface area contributed by atoms with E-state index in [1.165, 1.54) is 12.7 Å². The minimum atomic E-state index is -2.07. The van der Waals surface area contributed by atoms with Crippen molar-refractivity contribution in [1.29, 1.82) is 0 Å². The van der Waals surface area contributed by atoms with E-state index in [0.717, 1.165) is 41.5 Å². The van der Waals surface area contributed by atoms with Crippen molar-refractivity contribution >= 4 is 37.4 Å². The van der Waals surface area contributed by atoms with Crippen molar-refractivity contribution in [3.05, 3.63) is 47.5 Å². The number of nitrogens with zero attached hydrogens (tertiary/aromatic N) is 1. The highest BCUT2D eigenvalue weighted by molar-refractivity contribution is 8.01. The molecule has 0 saturated heterocycles. The number of hydrogen-bond donors (Lipinski definition) is 0. The maximum Gasteiger partial charge on any atom is 0.371 e. The molecule has 31 heavy (non-hydrogen) atoms. The van der Waals surface area contributed by atoms with Gasteiger partial charge >= 0.3 is 5.97 Å². The molecule has 0 fully saturated rings. The van der Waals surface area contributed by atoms with E-state index >= 15 is 0 Å². The van der Waals surface area contributed by atoms with Crippen molar-refractivity contribution in [3.63, 3.8) is 0 Å². The summed E-state index contributed by atoms with van der Waals surface area (Å²) >= 11 is 3.53. The molecular formula is C24H35NO3S2Si. The standard InChI is InChI=1S/C24H35NO3S2Si/c1-24(2,3)31(5,6)28-21(22(26)27-4)16-12-7-8-13-17-29-23-25-20(18-30-23)19-14-10-9-11-15-19/h9-11,14-16,18H,7-8,12-13,17H2,1-6H3/b21-16-. The van der Waals surface area contributed by atoms with Crippen LogP contribution in [0.4, 0.5) is 0 Å². The smallest absolute Gasteiger partial charge is 0.371 e. The Morgan fingerprint density at radius 2 is 1.87 bits per heavy atom. The number of thioether (sulfide) groups is 1. The number of carbonyl (C=O) groups excluding carboxylic acids is 1. The van der Waals surface area contributed by atoms with Gasteiger partial charge in [-0.05, 0) is 43.5 Å². The van der Waals surface area contributed by atoms with E-state index in [9.17, 15) is 4.79 Å². The Morgan fingerprint density at radius 3 is 2.52 bits per heavy atom. The fraction of sp³-hybridized carbons (Fsp3) is 0.500. The zero-order chi connectivity index (χ0) is 22.9. The first-order valence-corrected chi connectivity index (χ1v) is 15.5. The molecule has 170 valence electrons. The molecule has 0 radical (unpaired) electrons. The number of rotatable bonds is 11. The minimum absolute atomic E-state index is 0.0353. The van der Waals surface area contributed by atoms with Crippen LogP contribution in [0.5, 0.6) is 0 Å². The molecule has 2 rings (SSSR count). The lowest BCUT2D eigenvalue weighted by Crippen LogP contribution is -2.41. The predicted octanol–water partition coefficient (Wildman–Crippen LogP) is 7.54. The van der Waals surface area contributed by atoms with E-state index in [-0.39, 0.29) is 11.0 Å². The highest BCUT2D eigenvalue weighted by Crippen LogP contribution is 2.38. The van der Waals surface area contributed by atoms with Gasteiger partial charge in [0.2, 0.25) is 0 Å². The van der Waals surface area contributed by atoms with Crippen LogP contribution in [-0.4, -0.2) is 32.1 Å². The largest absolute Gasteiger partial charge is 0.539 e. The fourth-order valence-corrected chi connectivity index (χ4v) is 5.50. The van der Waals surface area contributed by atoms with E-state index < -0.39 is 8.32 Å². The number of esters is 1. The third-order valence-electron chi connectivity index (χ3n) is 5.51. The third kappa shape index (κ3) is 8.13. The highest BCUT2D eigenvalue weighted by atomic mass is 32.2. The normalized spacial score (nSPS) is 12.6. The zero-order valence-corrected chi connectivity index (χ0v) is 22.2. The number of methoxy groups -OCH3 is 1. The summed E-state index contributed by atoms with van der Waals surface area (Å²) < 4.78 is 12.2. The summed E-state index contributed by atoms with van der Waals surface area (Å²) in [5.74, 6) is 1.05. The van der Waals surface area contributed by atoms with Crippen molar-refractivity contribution in [1.82, 2.24) is 4.98 Å². The highest BCUT2D eigenvalue weighted by Gasteiger charge is 2.40. The van der Waals surface area contributed by atoms with Gasteiger partial charge in [0.25, 0.3) is 8.32 Å². The molecule has 0 amide bonds. The van der Waals surface area contributed by atoms with Crippen LogP contribution >= 0.6 is 23.1 Å². The summed E-state index contributed by atoms with van der Waals surface area (Å²) in [4.78, 5) is 16.9. The molecule has 1 aromatic carbocycles. The van der Waals surface area contributed by atoms with Crippen LogP contribution in [-0.2, 0) is 14.0 Å². The number of hydrogen-bond acceptors (Lipinski definition) is 6. The van der Waals surface area contributed by atoms with Crippen LogP contribution in [0.3, 0.4) is 0 Å². The summed E-state index contributed by atoms with van der Waals surface area (Å²) in [6.07, 6.45) is 5.98. The molecular weight excluding hydrogens is 442 g/mol. The Balaban J connectivity index is 1.75. The van der Waals surface area contributed by atoms with Crippen molar-refractivity contribution in [3.8, 4) is 11.3 Å². The van der Waals surface area contributed by atoms with Crippen LogP contribution in [0.25, 0.3) is 11.3 Å². The Hall–Kier alpha value is -1.57. The van der Waals surface area contributed by atoms with E-state index in [4.69, 9.17) is 14.1 Å². The first kappa shape index (κ1) is 25.7. The van der Waals surface area contributed by atoms with Gasteiger partial charge in [0.05, 0.1) is 12.8 Å². The number of aromatic nitrogens is 1. The summed E-state index contributed by atoms with van der Waals surface area (Å²) in [5.41, 5.74) is 2.22. The zero-order valence-electron chi connectivity index (χ0n) is 19.6. The van der Waals surface area contributed by atoms with Gasteiger partial charge in [-0.2, -0.15) is 0 Å². The maximum absolute atomic E-state index is 12.1. The molecule has 0 aliphatic heterocycles. The Morgan fingerprint density at radius 1 is 1.16 bits per heavy atom.